The number of hydrogen-bond donors (Lipinski definition) is 2. The first-order valence-electron chi connectivity index (χ1n) is 6.23. The van der Waals surface area contributed by atoms with Gasteiger partial charge >= 0.3 is 5.97 Å². The first-order chi connectivity index (χ1) is 9.56. The molecule has 0 aliphatic carbocycles. The summed E-state index contributed by atoms with van der Waals surface area (Å²) in [6.07, 6.45) is 1.33. The number of aromatic nitrogens is 1. The summed E-state index contributed by atoms with van der Waals surface area (Å²) < 4.78 is 13.1. The van der Waals surface area contributed by atoms with E-state index in [4.69, 9.17) is 5.11 Å². The van der Waals surface area contributed by atoms with Crippen LogP contribution in [0.4, 0.5) is 4.39 Å². The van der Waals surface area contributed by atoms with Crippen molar-refractivity contribution in [1.29, 1.82) is 0 Å². The van der Waals surface area contributed by atoms with Crippen molar-refractivity contribution in [2.45, 2.75) is 19.5 Å². The van der Waals surface area contributed by atoms with Gasteiger partial charge in [0.05, 0.1) is 11.3 Å². The summed E-state index contributed by atoms with van der Waals surface area (Å²) in [5.41, 5.74) is 1.75. The van der Waals surface area contributed by atoms with Crippen molar-refractivity contribution in [1.82, 2.24) is 10.3 Å². The smallest absolute Gasteiger partial charge is 0.337 e. The van der Waals surface area contributed by atoms with Crippen LogP contribution in [0.15, 0.2) is 42.6 Å². The monoisotopic (exact) mass is 274 g/mol. The van der Waals surface area contributed by atoms with E-state index in [1.54, 1.807) is 12.1 Å². The van der Waals surface area contributed by atoms with E-state index >= 15 is 0 Å². The number of carboxylic acids is 1. The van der Waals surface area contributed by atoms with Gasteiger partial charge in [0.1, 0.15) is 5.82 Å². The van der Waals surface area contributed by atoms with E-state index in [1.165, 1.54) is 24.4 Å². The number of halogens is 1. The van der Waals surface area contributed by atoms with Crippen molar-refractivity contribution in [2.24, 2.45) is 0 Å². The van der Waals surface area contributed by atoms with Gasteiger partial charge in [-0.25, -0.2) is 9.18 Å². The maximum atomic E-state index is 13.1. The summed E-state index contributed by atoms with van der Waals surface area (Å²) in [6, 6.07) is 9.56. The van der Waals surface area contributed by atoms with Gasteiger partial charge in [0.15, 0.2) is 0 Å². The summed E-state index contributed by atoms with van der Waals surface area (Å²) in [4.78, 5) is 14.8. The van der Waals surface area contributed by atoms with Crippen LogP contribution >= 0.6 is 0 Å². The molecule has 0 unspecified atom stereocenters. The van der Waals surface area contributed by atoms with Crippen molar-refractivity contribution < 1.29 is 14.3 Å². The van der Waals surface area contributed by atoms with Gasteiger partial charge in [-0.15, -0.1) is 0 Å². The normalized spacial score (nSPS) is 12.1. The average molecular weight is 274 g/mol. The van der Waals surface area contributed by atoms with E-state index in [9.17, 15) is 9.18 Å². The van der Waals surface area contributed by atoms with E-state index < -0.39 is 5.97 Å². The Bertz CT molecular complexity index is 599. The van der Waals surface area contributed by atoms with Crippen LogP contribution in [-0.2, 0) is 6.54 Å². The number of carboxylic acid groups (broad SMARTS) is 1. The Kier molecular flexibility index (Phi) is 4.42. The Labute approximate surface area is 116 Å². The van der Waals surface area contributed by atoms with Crippen LogP contribution in [0.3, 0.4) is 0 Å². The molecule has 0 aliphatic rings. The van der Waals surface area contributed by atoms with Crippen LogP contribution in [0.25, 0.3) is 0 Å². The molecule has 2 N–H and O–H groups in total. The van der Waals surface area contributed by atoms with Crippen molar-refractivity contribution >= 4 is 5.97 Å². The van der Waals surface area contributed by atoms with Crippen LogP contribution in [0.5, 0.6) is 0 Å². The minimum Gasteiger partial charge on any atom is -0.478 e. The highest BCUT2D eigenvalue weighted by molar-refractivity contribution is 5.87. The number of hydrogen-bond acceptors (Lipinski definition) is 3. The third-order valence-electron chi connectivity index (χ3n) is 3.01. The average Bonchev–Trinajstić information content (AvgIpc) is 2.45. The summed E-state index contributed by atoms with van der Waals surface area (Å²) in [7, 11) is 0. The molecule has 0 saturated carbocycles. The second kappa shape index (κ2) is 6.25. The number of aromatic carboxylic acids is 1. The van der Waals surface area contributed by atoms with Gasteiger partial charge in [0, 0.05) is 18.8 Å². The molecule has 0 amide bonds. The Balaban J connectivity index is 1.96. The predicted octanol–water partition coefficient (Wildman–Crippen LogP) is 2.77. The molecule has 0 bridgehead atoms. The Morgan fingerprint density at radius 3 is 2.80 bits per heavy atom. The fraction of sp³-hybridized carbons (Fsp3) is 0.200. The minimum atomic E-state index is -0.995. The standard InChI is InChI=1S/C15H15FN2O2/c1-10(11-3-2-4-13(16)7-11)17-9-14-6-5-12(8-18-14)15(19)20/h2-8,10,17H,9H2,1H3,(H,19,20)/t10-/m0/s1. The lowest BCUT2D eigenvalue weighted by Gasteiger charge is -2.14. The molecule has 5 heteroatoms. The molecule has 0 spiro atoms. The zero-order chi connectivity index (χ0) is 14.5. The number of benzene rings is 1. The SMILES string of the molecule is C[C@H](NCc1ccc(C(=O)O)cn1)c1cccc(F)c1. The zero-order valence-electron chi connectivity index (χ0n) is 11.0. The number of pyridine rings is 1. The molecule has 0 saturated heterocycles. The van der Waals surface area contributed by atoms with Crippen molar-refractivity contribution in [3.63, 3.8) is 0 Å². The topological polar surface area (TPSA) is 62.2 Å². The first kappa shape index (κ1) is 14.1. The molecular weight excluding hydrogens is 259 g/mol. The predicted molar refractivity (Wildman–Crippen MR) is 72.9 cm³/mol. The van der Waals surface area contributed by atoms with Gasteiger partial charge in [-0.3, -0.25) is 4.98 Å². The van der Waals surface area contributed by atoms with Crippen LogP contribution in [0.2, 0.25) is 0 Å². The number of nitrogens with zero attached hydrogens (tertiary/aromatic N) is 1. The quantitative estimate of drug-likeness (QED) is 0.880. The summed E-state index contributed by atoms with van der Waals surface area (Å²) in [5.74, 6) is -1.26. The van der Waals surface area contributed by atoms with Crippen LogP contribution < -0.4 is 5.32 Å². The molecule has 1 aromatic carbocycles. The summed E-state index contributed by atoms with van der Waals surface area (Å²) in [6.45, 7) is 2.41. The molecule has 2 aromatic rings. The lowest BCUT2D eigenvalue weighted by atomic mass is 10.1. The zero-order valence-corrected chi connectivity index (χ0v) is 11.0. The molecular formula is C15H15FN2O2. The van der Waals surface area contributed by atoms with Gasteiger partial charge in [0.2, 0.25) is 0 Å². The van der Waals surface area contributed by atoms with Gasteiger partial charge in [0.25, 0.3) is 0 Å². The summed E-state index contributed by atoms with van der Waals surface area (Å²) >= 11 is 0. The second-order valence-corrected chi connectivity index (χ2v) is 4.50. The fourth-order valence-electron chi connectivity index (χ4n) is 1.81. The maximum absolute atomic E-state index is 13.1. The summed E-state index contributed by atoms with van der Waals surface area (Å²) in [5, 5.41) is 12.0. The van der Waals surface area contributed by atoms with E-state index in [1.807, 2.05) is 13.0 Å². The molecule has 0 radical (unpaired) electrons. The fourth-order valence-corrected chi connectivity index (χ4v) is 1.81. The van der Waals surface area contributed by atoms with E-state index in [0.717, 1.165) is 11.3 Å². The molecule has 0 aliphatic heterocycles. The van der Waals surface area contributed by atoms with Crippen molar-refractivity contribution in [2.75, 3.05) is 0 Å². The minimum absolute atomic E-state index is 0.0216. The highest BCUT2D eigenvalue weighted by Gasteiger charge is 2.07. The molecule has 4 nitrogen and oxygen atoms in total. The molecule has 0 fully saturated rings. The highest BCUT2D eigenvalue weighted by Crippen LogP contribution is 2.14. The molecule has 1 heterocycles. The maximum Gasteiger partial charge on any atom is 0.337 e. The van der Waals surface area contributed by atoms with E-state index in [0.29, 0.717) is 6.54 Å². The third kappa shape index (κ3) is 3.61. The van der Waals surface area contributed by atoms with E-state index in [2.05, 4.69) is 10.3 Å². The van der Waals surface area contributed by atoms with Crippen molar-refractivity contribution in [3.05, 3.63) is 65.2 Å². The van der Waals surface area contributed by atoms with Gasteiger partial charge < -0.3 is 10.4 Å². The third-order valence-corrected chi connectivity index (χ3v) is 3.01. The molecule has 104 valence electrons. The Morgan fingerprint density at radius 2 is 2.20 bits per heavy atom. The number of rotatable bonds is 5. The lowest BCUT2D eigenvalue weighted by molar-refractivity contribution is 0.0696. The van der Waals surface area contributed by atoms with Crippen LogP contribution in [0, 0.1) is 5.82 Å². The van der Waals surface area contributed by atoms with Gasteiger partial charge in [-0.2, -0.15) is 0 Å². The number of carbonyl (C=O) groups is 1. The Hall–Kier alpha value is -2.27. The molecule has 2 rings (SSSR count). The molecule has 1 aromatic heterocycles. The van der Waals surface area contributed by atoms with Crippen LogP contribution in [0.1, 0.15) is 34.6 Å². The lowest BCUT2D eigenvalue weighted by Crippen LogP contribution is -2.19. The largest absolute Gasteiger partial charge is 0.478 e. The molecule has 20 heavy (non-hydrogen) atoms. The van der Waals surface area contributed by atoms with E-state index in [-0.39, 0.29) is 17.4 Å². The Morgan fingerprint density at radius 1 is 1.40 bits per heavy atom. The molecule has 1 atom stereocenters. The van der Waals surface area contributed by atoms with Gasteiger partial charge in [-0.1, -0.05) is 12.1 Å². The number of nitrogens with one attached hydrogen (secondary N) is 1. The van der Waals surface area contributed by atoms with Crippen LogP contribution in [-0.4, -0.2) is 16.1 Å². The second-order valence-electron chi connectivity index (χ2n) is 4.50. The highest BCUT2D eigenvalue weighted by atomic mass is 19.1. The first-order valence-corrected chi connectivity index (χ1v) is 6.23. The van der Waals surface area contributed by atoms with Crippen molar-refractivity contribution in [3.8, 4) is 0 Å². The van der Waals surface area contributed by atoms with Gasteiger partial charge in [-0.05, 0) is 36.8 Å².